The summed E-state index contributed by atoms with van der Waals surface area (Å²) in [6.45, 7) is 0. The number of fused-ring (bicyclic) bond motifs is 3. The molecule has 0 radical (unpaired) electrons. The molecular weight excluding hydrogens is 306 g/mol. The maximum Gasteiger partial charge on any atom is 0.174 e. The van der Waals surface area contributed by atoms with Crippen LogP contribution in [0.15, 0.2) is 54.6 Å². The summed E-state index contributed by atoms with van der Waals surface area (Å²) in [5.41, 5.74) is 7.25. The molecule has 0 atom stereocenters. The van der Waals surface area contributed by atoms with Gasteiger partial charge >= 0.3 is 0 Å². The number of benzene rings is 2. The van der Waals surface area contributed by atoms with Gasteiger partial charge in [-0.05, 0) is 11.6 Å². The Balaban J connectivity index is 0.00000156. The minimum Gasteiger partial charge on any atom is -1.00 e. The lowest BCUT2D eigenvalue weighted by Crippen LogP contribution is -3.00. The molecular formula is C19H18ClN3. The van der Waals surface area contributed by atoms with E-state index in [0.29, 0.717) is 0 Å². The highest BCUT2D eigenvalue weighted by atomic mass is 35.5. The molecule has 23 heavy (non-hydrogen) atoms. The summed E-state index contributed by atoms with van der Waals surface area (Å²) in [6.07, 6.45) is 3.11. The zero-order chi connectivity index (χ0) is 15.1. The normalized spacial score (nSPS) is 11.4. The molecule has 4 heteroatoms. The van der Waals surface area contributed by atoms with E-state index in [1.165, 1.54) is 22.5 Å². The first kappa shape index (κ1) is 15.5. The van der Waals surface area contributed by atoms with Crippen molar-refractivity contribution in [3.05, 3.63) is 71.4 Å². The van der Waals surface area contributed by atoms with E-state index in [2.05, 4.69) is 78.1 Å². The Bertz CT molecular complexity index is 875. The van der Waals surface area contributed by atoms with Crippen LogP contribution < -0.4 is 12.4 Å². The second kappa shape index (κ2) is 6.01. The Morgan fingerprint density at radius 3 is 2.43 bits per heavy atom. The van der Waals surface area contributed by atoms with Crippen molar-refractivity contribution in [2.75, 3.05) is 14.1 Å². The monoisotopic (exact) mass is 323 g/mol. The van der Waals surface area contributed by atoms with Crippen molar-refractivity contribution in [2.24, 2.45) is 0 Å². The van der Waals surface area contributed by atoms with E-state index in [4.69, 9.17) is 5.10 Å². The average Bonchev–Trinajstić information content (AvgIpc) is 3.05. The summed E-state index contributed by atoms with van der Waals surface area (Å²) in [6, 6.07) is 18.9. The SMILES string of the molecule is C[N+](C)=Cc1c(-c2ccccc2)nn2c1Cc1ccccc1-2.[Cl-]. The molecule has 0 saturated heterocycles. The zero-order valence-corrected chi connectivity index (χ0v) is 14.0. The number of para-hydroxylation sites is 1. The second-order valence-corrected chi connectivity index (χ2v) is 5.89. The summed E-state index contributed by atoms with van der Waals surface area (Å²) >= 11 is 0. The fraction of sp³-hybridized carbons (Fsp3) is 0.158. The molecule has 0 fully saturated rings. The van der Waals surface area contributed by atoms with Gasteiger partial charge in [-0.1, -0.05) is 48.5 Å². The third-order valence-corrected chi connectivity index (χ3v) is 4.03. The number of halogens is 1. The van der Waals surface area contributed by atoms with Crippen LogP contribution in [0, 0.1) is 0 Å². The van der Waals surface area contributed by atoms with Crippen molar-refractivity contribution >= 4 is 6.21 Å². The van der Waals surface area contributed by atoms with E-state index >= 15 is 0 Å². The predicted molar refractivity (Wildman–Crippen MR) is 89.1 cm³/mol. The Morgan fingerprint density at radius 1 is 1.00 bits per heavy atom. The number of rotatable bonds is 2. The van der Waals surface area contributed by atoms with Crippen LogP contribution in [0.2, 0.25) is 0 Å². The molecule has 0 bridgehead atoms. The van der Waals surface area contributed by atoms with Crippen molar-refractivity contribution in [3.8, 4) is 16.9 Å². The van der Waals surface area contributed by atoms with E-state index in [1.54, 1.807) is 0 Å². The molecule has 2 aromatic carbocycles. The maximum atomic E-state index is 4.91. The maximum absolute atomic E-state index is 4.91. The van der Waals surface area contributed by atoms with Gasteiger partial charge < -0.3 is 12.4 Å². The fourth-order valence-electron chi connectivity index (χ4n) is 3.08. The van der Waals surface area contributed by atoms with Crippen LogP contribution >= 0.6 is 0 Å². The van der Waals surface area contributed by atoms with Crippen molar-refractivity contribution < 1.29 is 17.0 Å². The first-order chi connectivity index (χ1) is 10.7. The number of nitrogens with zero attached hydrogens (tertiary/aromatic N) is 3. The minimum absolute atomic E-state index is 0. The van der Waals surface area contributed by atoms with Crippen LogP contribution in [-0.4, -0.2) is 34.7 Å². The van der Waals surface area contributed by atoms with Crippen molar-refractivity contribution in [3.63, 3.8) is 0 Å². The molecule has 116 valence electrons. The molecule has 2 heterocycles. The predicted octanol–water partition coefficient (Wildman–Crippen LogP) is 0.138. The lowest BCUT2D eigenvalue weighted by Gasteiger charge is -2.01. The minimum atomic E-state index is 0. The first-order valence-electron chi connectivity index (χ1n) is 7.51. The third-order valence-electron chi connectivity index (χ3n) is 4.03. The Labute approximate surface area is 142 Å². The van der Waals surface area contributed by atoms with Gasteiger partial charge in [0.25, 0.3) is 0 Å². The van der Waals surface area contributed by atoms with Gasteiger partial charge in [-0.15, -0.1) is 0 Å². The summed E-state index contributed by atoms with van der Waals surface area (Å²) in [5, 5.41) is 4.91. The standard InChI is InChI=1S/C19H18N3.ClH/c1-21(2)13-16-18-12-15-10-6-7-11-17(15)22(18)20-19(16)14-8-4-3-5-9-14;/h3-11,13H,12H2,1-2H3;1H/q+1;/p-1. The van der Waals surface area contributed by atoms with Crippen LogP contribution in [0.1, 0.15) is 16.8 Å². The highest BCUT2D eigenvalue weighted by molar-refractivity contribution is 5.89. The van der Waals surface area contributed by atoms with Crippen molar-refractivity contribution in [2.45, 2.75) is 6.42 Å². The largest absolute Gasteiger partial charge is 1.00 e. The Hall–Kier alpha value is -2.39. The van der Waals surface area contributed by atoms with Crippen molar-refractivity contribution in [1.82, 2.24) is 9.78 Å². The van der Waals surface area contributed by atoms with Gasteiger partial charge in [-0.25, -0.2) is 9.26 Å². The summed E-state index contributed by atoms with van der Waals surface area (Å²) in [7, 11) is 4.11. The smallest absolute Gasteiger partial charge is 0.174 e. The molecule has 0 unspecified atom stereocenters. The van der Waals surface area contributed by atoms with Gasteiger partial charge in [0, 0.05) is 12.0 Å². The number of hydrogen-bond acceptors (Lipinski definition) is 1. The summed E-state index contributed by atoms with van der Waals surface area (Å²) in [5.74, 6) is 0. The van der Waals surface area contributed by atoms with E-state index in [1.807, 2.05) is 6.07 Å². The molecule has 0 spiro atoms. The van der Waals surface area contributed by atoms with Gasteiger partial charge in [0.05, 0.1) is 16.9 Å². The molecule has 4 rings (SSSR count). The summed E-state index contributed by atoms with van der Waals surface area (Å²) < 4.78 is 4.19. The van der Waals surface area contributed by atoms with Gasteiger partial charge in [0.15, 0.2) is 6.21 Å². The molecule has 1 aliphatic rings. The van der Waals surface area contributed by atoms with E-state index in [0.717, 1.165) is 17.7 Å². The van der Waals surface area contributed by atoms with E-state index in [-0.39, 0.29) is 12.4 Å². The molecule has 3 nitrogen and oxygen atoms in total. The molecule has 0 N–H and O–H groups in total. The van der Waals surface area contributed by atoms with Crippen LogP contribution in [0.4, 0.5) is 0 Å². The van der Waals surface area contributed by atoms with Crippen LogP contribution in [-0.2, 0) is 6.42 Å². The lowest BCUT2D eigenvalue weighted by atomic mass is 10.0. The molecule has 0 saturated carbocycles. The number of hydrogen-bond donors (Lipinski definition) is 0. The van der Waals surface area contributed by atoms with Gasteiger partial charge in [0.1, 0.15) is 19.8 Å². The average molecular weight is 324 g/mol. The Morgan fingerprint density at radius 2 is 1.70 bits per heavy atom. The van der Waals surface area contributed by atoms with Gasteiger partial charge in [-0.2, -0.15) is 5.10 Å². The molecule has 0 aliphatic carbocycles. The molecule has 0 amide bonds. The Kier molecular flexibility index (Phi) is 4.05. The number of aromatic nitrogens is 2. The van der Waals surface area contributed by atoms with E-state index in [9.17, 15) is 0 Å². The highest BCUT2D eigenvalue weighted by Crippen LogP contribution is 2.33. The quantitative estimate of drug-likeness (QED) is 0.380. The topological polar surface area (TPSA) is 20.8 Å². The van der Waals surface area contributed by atoms with Gasteiger partial charge in [-0.3, -0.25) is 0 Å². The van der Waals surface area contributed by atoms with Crippen LogP contribution in [0.3, 0.4) is 0 Å². The molecule has 1 aromatic heterocycles. The third kappa shape index (κ3) is 2.57. The lowest BCUT2D eigenvalue weighted by molar-refractivity contribution is -0.458. The first-order valence-corrected chi connectivity index (χ1v) is 7.51. The summed E-state index contributed by atoms with van der Waals surface area (Å²) in [4.78, 5) is 0. The molecule has 1 aliphatic heterocycles. The highest BCUT2D eigenvalue weighted by Gasteiger charge is 2.27. The van der Waals surface area contributed by atoms with Crippen LogP contribution in [0.5, 0.6) is 0 Å². The van der Waals surface area contributed by atoms with Gasteiger partial charge in [0.2, 0.25) is 0 Å². The fourth-order valence-corrected chi connectivity index (χ4v) is 3.08. The van der Waals surface area contributed by atoms with Crippen molar-refractivity contribution in [1.29, 1.82) is 0 Å². The second-order valence-electron chi connectivity index (χ2n) is 5.89. The van der Waals surface area contributed by atoms with Crippen LogP contribution in [0.25, 0.3) is 16.9 Å². The zero-order valence-electron chi connectivity index (χ0n) is 13.2. The molecule has 3 aromatic rings. The van der Waals surface area contributed by atoms with E-state index < -0.39 is 0 Å².